The normalized spacial score (nSPS) is 12.3. The summed E-state index contributed by atoms with van der Waals surface area (Å²) in [6, 6.07) is 9.53. The van der Waals surface area contributed by atoms with Crippen molar-refractivity contribution in [1.82, 2.24) is 15.1 Å². The van der Waals surface area contributed by atoms with Crippen LogP contribution in [0.3, 0.4) is 0 Å². The molecule has 2 aromatic rings. The molecule has 19 heavy (non-hydrogen) atoms. The molecule has 0 amide bonds. The highest BCUT2D eigenvalue weighted by Crippen LogP contribution is 2.17. The number of hydrogen-bond donors (Lipinski definition) is 2. The van der Waals surface area contributed by atoms with Crippen LogP contribution in [-0.2, 0) is 4.79 Å². The Balaban J connectivity index is 2.21. The van der Waals surface area contributed by atoms with Crippen LogP contribution in [0.2, 0.25) is 0 Å². The Labute approximate surface area is 111 Å². The summed E-state index contributed by atoms with van der Waals surface area (Å²) in [4.78, 5) is 10.9. The van der Waals surface area contributed by atoms with Gasteiger partial charge in [0.1, 0.15) is 0 Å². The molecule has 2 N–H and O–H groups in total. The number of aliphatic carboxylic acids is 1. The molecule has 2 rings (SSSR count). The predicted molar refractivity (Wildman–Crippen MR) is 72.2 cm³/mol. The van der Waals surface area contributed by atoms with E-state index in [1.807, 2.05) is 43.5 Å². The van der Waals surface area contributed by atoms with Crippen molar-refractivity contribution in [2.45, 2.75) is 19.4 Å². The van der Waals surface area contributed by atoms with Crippen LogP contribution in [0.4, 0.5) is 0 Å². The monoisotopic (exact) mass is 259 g/mol. The molecule has 0 saturated carbocycles. The Hall–Kier alpha value is -2.14. The van der Waals surface area contributed by atoms with E-state index in [1.54, 1.807) is 10.9 Å². The standard InChI is InChI=1S/C14H17N3O2/c1-2-15-13(8-14(18)19)11-9-16-17(10-11)12-6-4-3-5-7-12/h3-7,9-10,13,15H,2,8H2,1H3,(H,18,19). The molecule has 1 heterocycles. The smallest absolute Gasteiger partial charge is 0.305 e. The quantitative estimate of drug-likeness (QED) is 0.832. The van der Waals surface area contributed by atoms with Gasteiger partial charge in [0.15, 0.2) is 0 Å². The molecular weight excluding hydrogens is 242 g/mol. The summed E-state index contributed by atoms with van der Waals surface area (Å²) in [5.41, 5.74) is 1.84. The van der Waals surface area contributed by atoms with Crippen LogP contribution in [0.15, 0.2) is 42.7 Å². The second-order valence-electron chi connectivity index (χ2n) is 4.26. The van der Waals surface area contributed by atoms with Gasteiger partial charge < -0.3 is 10.4 Å². The van der Waals surface area contributed by atoms with Crippen LogP contribution in [0.1, 0.15) is 24.9 Å². The molecule has 0 radical (unpaired) electrons. The van der Waals surface area contributed by atoms with E-state index in [0.717, 1.165) is 11.3 Å². The van der Waals surface area contributed by atoms with Gasteiger partial charge in [-0.3, -0.25) is 4.79 Å². The Morgan fingerprint density at radius 3 is 2.79 bits per heavy atom. The van der Waals surface area contributed by atoms with Crippen LogP contribution in [-0.4, -0.2) is 27.4 Å². The molecule has 0 fully saturated rings. The van der Waals surface area contributed by atoms with Gasteiger partial charge in [0.05, 0.1) is 18.3 Å². The van der Waals surface area contributed by atoms with Crippen molar-refractivity contribution in [3.05, 3.63) is 48.3 Å². The minimum absolute atomic E-state index is 0.0499. The maximum Gasteiger partial charge on any atom is 0.305 e. The maximum absolute atomic E-state index is 10.9. The molecule has 5 heteroatoms. The highest BCUT2D eigenvalue weighted by Gasteiger charge is 2.16. The zero-order valence-corrected chi connectivity index (χ0v) is 10.8. The number of para-hydroxylation sites is 1. The molecule has 1 unspecified atom stereocenters. The van der Waals surface area contributed by atoms with E-state index in [-0.39, 0.29) is 12.5 Å². The zero-order chi connectivity index (χ0) is 13.7. The van der Waals surface area contributed by atoms with Gasteiger partial charge in [-0.1, -0.05) is 25.1 Å². The predicted octanol–water partition coefficient (Wildman–Crippen LogP) is 2.00. The van der Waals surface area contributed by atoms with Gasteiger partial charge in [-0.25, -0.2) is 4.68 Å². The summed E-state index contributed by atoms with van der Waals surface area (Å²) < 4.78 is 1.75. The van der Waals surface area contributed by atoms with Crippen LogP contribution < -0.4 is 5.32 Å². The third kappa shape index (κ3) is 3.42. The van der Waals surface area contributed by atoms with Crippen LogP contribution in [0.25, 0.3) is 5.69 Å². The topological polar surface area (TPSA) is 67.2 Å². The fourth-order valence-corrected chi connectivity index (χ4v) is 1.97. The molecule has 0 spiro atoms. The van der Waals surface area contributed by atoms with Crippen LogP contribution in [0.5, 0.6) is 0 Å². The van der Waals surface area contributed by atoms with Crippen molar-refractivity contribution in [3.63, 3.8) is 0 Å². The first kappa shape index (κ1) is 13.3. The lowest BCUT2D eigenvalue weighted by molar-refractivity contribution is -0.137. The van der Waals surface area contributed by atoms with Gasteiger partial charge in [-0.2, -0.15) is 5.10 Å². The van der Waals surface area contributed by atoms with E-state index in [1.165, 1.54) is 0 Å². The average molecular weight is 259 g/mol. The molecule has 100 valence electrons. The molecule has 0 aliphatic rings. The van der Waals surface area contributed by atoms with Gasteiger partial charge in [-0.15, -0.1) is 0 Å². The molecule has 5 nitrogen and oxygen atoms in total. The van der Waals surface area contributed by atoms with Crippen LogP contribution in [0, 0.1) is 0 Å². The Morgan fingerprint density at radius 1 is 1.42 bits per heavy atom. The summed E-state index contributed by atoms with van der Waals surface area (Å²) in [7, 11) is 0. The van der Waals surface area contributed by atoms with Crippen molar-refractivity contribution >= 4 is 5.97 Å². The first-order valence-electron chi connectivity index (χ1n) is 6.26. The highest BCUT2D eigenvalue weighted by molar-refractivity contribution is 5.67. The number of carboxylic acid groups (broad SMARTS) is 1. The number of carbonyl (C=O) groups is 1. The fourth-order valence-electron chi connectivity index (χ4n) is 1.97. The van der Waals surface area contributed by atoms with Gasteiger partial charge >= 0.3 is 5.97 Å². The highest BCUT2D eigenvalue weighted by atomic mass is 16.4. The number of hydrogen-bond acceptors (Lipinski definition) is 3. The molecular formula is C14H17N3O2. The van der Waals surface area contributed by atoms with Crippen molar-refractivity contribution in [1.29, 1.82) is 0 Å². The molecule has 0 aliphatic heterocycles. The van der Waals surface area contributed by atoms with Crippen molar-refractivity contribution in [3.8, 4) is 5.69 Å². The molecule has 0 aliphatic carbocycles. The van der Waals surface area contributed by atoms with E-state index in [0.29, 0.717) is 6.54 Å². The first-order chi connectivity index (χ1) is 9.20. The number of nitrogens with one attached hydrogen (secondary N) is 1. The average Bonchev–Trinajstić information content (AvgIpc) is 2.88. The van der Waals surface area contributed by atoms with E-state index in [2.05, 4.69) is 10.4 Å². The molecule has 1 aromatic carbocycles. The Kier molecular flexibility index (Phi) is 4.30. The molecule has 0 bridgehead atoms. The van der Waals surface area contributed by atoms with Gasteiger partial charge in [0.25, 0.3) is 0 Å². The third-order valence-electron chi connectivity index (χ3n) is 2.85. The van der Waals surface area contributed by atoms with Gasteiger partial charge in [0.2, 0.25) is 0 Å². The zero-order valence-electron chi connectivity index (χ0n) is 10.8. The first-order valence-corrected chi connectivity index (χ1v) is 6.26. The Morgan fingerprint density at radius 2 is 2.16 bits per heavy atom. The van der Waals surface area contributed by atoms with Gasteiger partial charge in [-0.05, 0) is 18.7 Å². The van der Waals surface area contributed by atoms with E-state index < -0.39 is 5.97 Å². The minimum atomic E-state index is -0.821. The SMILES string of the molecule is CCNC(CC(=O)O)c1cnn(-c2ccccc2)c1. The third-order valence-corrected chi connectivity index (χ3v) is 2.85. The Bertz CT molecular complexity index is 537. The number of carboxylic acids is 1. The second-order valence-corrected chi connectivity index (χ2v) is 4.26. The largest absolute Gasteiger partial charge is 0.481 e. The van der Waals surface area contributed by atoms with Gasteiger partial charge in [0, 0.05) is 17.8 Å². The number of benzene rings is 1. The summed E-state index contributed by atoms with van der Waals surface area (Å²) in [6.07, 6.45) is 3.63. The fraction of sp³-hybridized carbons (Fsp3) is 0.286. The number of rotatable bonds is 6. The minimum Gasteiger partial charge on any atom is -0.481 e. The van der Waals surface area contributed by atoms with E-state index >= 15 is 0 Å². The van der Waals surface area contributed by atoms with Crippen molar-refractivity contribution < 1.29 is 9.90 Å². The summed E-state index contributed by atoms with van der Waals surface area (Å²) in [6.45, 7) is 2.67. The lowest BCUT2D eigenvalue weighted by Crippen LogP contribution is -2.23. The molecule has 1 aromatic heterocycles. The lowest BCUT2D eigenvalue weighted by atomic mass is 10.1. The summed E-state index contributed by atoms with van der Waals surface area (Å²) in [5.74, 6) is -0.821. The van der Waals surface area contributed by atoms with Crippen LogP contribution >= 0.6 is 0 Å². The second kappa shape index (κ2) is 6.15. The number of nitrogens with zero attached hydrogens (tertiary/aromatic N) is 2. The maximum atomic E-state index is 10.9. The molecule has 1 atom stereocenters. The van der Waals surface area contributed by atoms with E-state index in [4.69, 9.17) is 5.11 Å². The lowest BCUT2D eigenvalue weighted by Gasteiger charge is -2.13. The summed E-state index contributed by atoms with van der Waals surface area (Å²) in [5, 5.41) is 16.4. The van der Waals surface area contributed by atoms with E-state index in [9.17, 15) is 4.79 Å². The van der Waals surface area contributed by atoms with Crippen molar-refractivity contribution in [2.24, 2.45) is 0 Å². The summed E-state index contributed by atoms with van der Waals surface area (Å²) >= 11 is 0. The van der Waals surface area contributed by atoms with Crippen molar-refractivity contribution in [2.75, 3.05) is 6.54 Å². The number of aromatic nitrogens is 2. The molecule has 0 saturated heterocycles.